The molecule has 7 nitrogen and oxygen atoms in total. The van der Waals surface area contributed by atoms with Crippen molar-refractivity contribution in [1.29, 1.82) is 0 Å². The van der Waals surface area contributed by atoms with Crippen LogP contribution in [-0.4, -0.2) is 10.6 Å². The first-order valence-electron chi connectivity index (χ1n) is 10.8. The number of aromatic nitrogens is 2. The van der Waals surface area contributed by atoms with Crippen molar-refractivity contribution < 1.29 is 9.48 Å². The molecule has 0 bridgehead atoms. The normalized spacial score (nSPS) is 11.0. The van der Waals surface area contributed by atoms with E-state index in [0.717, 1.165) is 30.2 Å². The Morgan fingerprint density at radius 3 is 2.36 bits per heavy atom. The number of carbonyl (C=O) groups is 1. The number of carbonyl (C=O) groups excluding carboxylic acids is 1. The van der Waals surface area contributed by atoms with Gasteiger partial charge in [-0.15, -0.1) is 0 Å². The van der Waals surface area contributed by atoms with E-state index in [0.29, 0.717) is 11.4 Å². The van der Waals surface area contributed by atoms with Gasteiger partial charge in [0.2, 0.25) is 5.91 Å². The number of benzene rings is 3. The Morgan fingerprint density at radius 1 is 0.909 bits per heavy atom. The third kappa shape index (κ3) is 5.92. The third-order valence-electron chi connectivity index (χ3n) is 5.17. The Bertz CT molecular complexity index is 1250. The molecule has 7 heteroatoms. The number of nitrogens with zero attached hydrogens (tertiary/aromatic N) is 4. The van der Waals surface area contributed by atoms with Crippen LogP contribution in [0.25, 0.3) is 0 Å². The Labute approximate surface area is 193 Å². The summed E-state index contributed by atoms with van der Waals surface area (Å²) < 4.78 is 4.07. The van der Waals surface area contributed by atoms with Gasteiger partial charge in [0.1, 0.15) is 12.2 Å². The lowest BCUT2D eigenvalue weighted by Gasteiger charge is -2.10. The lowest BCUT2D eigenvalue weighted by atomic mass is 10.1. The fourth-order valence-electron chi connectivity index (χ4n) is 3.52. The predicted molar refractivity (Wildman–Crippen MR) is 130 cm³/mol. The van der Waals surface area contributed by atoms with Crippen LogP contribution < -0.4 is 15.3 Å². The average molecular weight is 440 g/mol. The number of hydrogen-bond acceptors (Lipinski definition) is 4. The van der Waals surface area contributed by atoms with Gasteiger partial charge in [0.15, 0.2) is 0 Å². The number of amides is 1. The molecule has 33 heavy (non-hydrogen) atoms. The minimum absolute atomic E-state index is 0.166. The summed E-state index contributed by atoms with van der Waals surface area (Å²) >= 11 is 0. The van der Waals surface area contributed by atoms with E-state index in [4.69, 9.17) is 0 Å². The maximum atomic E-state index is 11.8. The van der Waals surface area contributed by atoms with E-state index in [1.54, 1.807) is 0 Å². The van der Waals surface area contributed by atoms with E-state index in [1.165, 1.54) is 12.5 Å². The van der Waals surface area contributed by atoms with Gasteiger partial charge in [0, 0.05) is 38.0 Å². The van der Waals surface area contributed by atoms with E-state index >= 15 is 0 Å². The fraction of sp³-hybridized carbons (Fsp3) is 0.154. The summed E-state index contributed by atoms with van der Waals surface area (Å²) in [6.45, 7) is 2.26. The second-order valence-corrected chi connectivity index (χ2v) is 7.71. The van der Waals surface area contributed by atoms with Crippen molar-refractivity contribution in [3.63, 3.8) is 0 Å². The minimum atomic E-state index is -0.166. The van der Waals surface area contributed by atoms with Gasteiger partial charge in [-0.25, -0.2) is 4.68 Å². The maximum Gasteiger partial charge on any atom is 0.370 e. The van der Waals surface area contributed by atoms with Gasteiger partial charge >= 0.3 is 5.82 Å². The molecule has 166 valence electrons. The average Bonchev–Trinajstić information content (AvgIpc) is 3.17. The second kappa shape index (κ2) is 10.4. The summed E-state index contributed by atoms with van der Waals surface area (Å²) in [5, 5.41) is 15.1. The summed E-state index contributed by atoms with van der Waals surface area (Å²) in [6.07, 6.45) is 2.85. The molecule has 4 aromatic rings. The Balaban J connectivity index is 1.55. The zero-order chi connectivity index (χ0) is 23.0. The Morgan fingerprint density at radius 2 is 1.64 bits per heavy atom. The van der Waals surface area contributed by atoms with Gasteiger partial charge in [-0.05, 0) is 41.0 Å². The monoisotopic (exact) mass is 439 g/mol. The van der Waals surface area contributed by atoms with E-state index in [1.807, 2.05) is 90.7 Å². The Hall–Kier alpha value is -4.26. The van der Waals surface area contributed by atoms with Crippen molar-refractivity contribution in [1.82, 2.24) is 4.68 Å². The summed E-state index contributed by atoms with van der Waals surface area (Å²) in [6, 6.07) is 27.8. The molecule has 1 heterocycles. The molecule has 0 aliphatic heterocycles. The highest BCUT2D eigenvalue weighted by Crippen LogP contribution is 2.31. The number of rotatable bonds is 8. The summed E-state index contributed by atoms with van der Waals surface area (Å²) in [7, 11) is 1.98. The maximum absolute atomic E-state index is 11.8. The molecule has 1 amide bonds. The molecule has 0 fully saturated rings. The molecule has 1 aromatic heterocycles. The van der Waals surface area contributed by atoms with Crippen molar-refractivity contribution in [2.75, 3.05) is 10.6 Å². The highest BCUT2D eigenvalue weighted by atomic mass is 16.1. The lowest BCUT2D eigenvalue weighted by Crippen LogP contribution is -2.42. The zero-order valence-electron chi connectivity index (χ0n) is 18.8. The standard InChI is InChI=1S/C26H26N6O/c1-20(33)27-25-19-23(28-22-11-7-4-8-12-22)13-14-24(25)29-30-26-16-17-31(2)32(26)18-15-21-9-5-3-6-10-21/h3-14,16-17,19H,15,18H2,1-2H3,(H,27,28,33)/p+1. The van der Waals surface area contributed by atoms with Crippen LogP contribution in [0.1, 0.15) is 12.5 Å². The topological polar surface area (TPSA) is 74.7 Å². The second-order valence-electron chi connectivity index (χ2n) is 7.71. The molecular weight excluding hydrogens is 412 g/mol. The Kier molecular flexibility index (Phi) is 6.90. The highest BCUT2D eigenvalue weighted by molar-refractivity contribution is 5.93. The molecule has 2 N–H and O–H groups in total. The van der Waals surface area contributed by atoms with E-state index in [2.05, 4.69) is 37.7 Å². The van der Waals surface area contributed by atoms with Crippen LogP contribution >= 0.6 is 0 Å². The molecule has 0 saturated carbocycles. The van der Waals surface area contributed by atoms with Crippen molar-refractivity contribution in [3.05, 3.63) is 96.7 Å². The van der Waals surface area contributed by atoms with Crippen molar-refractivity contribution in [3.8, 4) is 0 Å². The zero-order valence-corrected chi connectivity index (χ0v) is 18.8. The number of hydrogen-bond donors (Lipinski definition) is 2. The molecule has 0 aliphatic rings. The first kappa shape index (κ1) is 22.0. The van der Waals surface area contributed by atoms with Crippen molar-refractivity contribution in [2.45, 2.75) is 19.9 Å². The lowest BCUT2D eigenvalue weighted by molar-refractivity contribution is -0.761. The smallest absolute Gasteiger partial charge is 0.355 e. The molecule has 0 aliphatic carbocycles. The van der Waals surface area contributed by atoms with E-state index in [9.17, 15) is 4.79 Å². The van der Waals surface area contributed by atoms with E-state index < -0.39 is 0 Å². The number of nitrogens with one attached hydrogen (secondary N) is 2. The van der Waals surface area contributed by atoms with Crippen molar-refractivity contribution in [2.24, 2.45) is 17.3 Å². The largest absolute Gasteiger partial charge is 0.370 e. The van der Waals surface area contributed by atoms with Gasteiger partial charge < -0.3 is 10.6 Å². The number of azo groups is 1. The molecule has 0 unspecified atom stereocenters. The van der Waals surface area contributed by atoms with Crippen LogP contribution in [0, 0.1) is 0 Å². The van der Waals surface area contributed by atoms with Crippen LogP contribution in [0.4, 0.5) is 28.6 Å². The molecule has 4 rings (SSSR count). The number of para-hydroxylation sites is 1. The van der Waals surface area contributed by atoms with E-state index in [-0.39, 0.29) is 5.91 Å². The number of anilines is 3. The van der Waals surface area contributed by atoms with Gasteiger partial charge in [0.05, 0.1) is 16.9 Å². The van der Waals surface area contributed by atoms with Crippen LogP contribution in [0.2, 0.25) is 0 Å². The summed E-state index contributed by atoms with van der Waals surface area (Å²) in [5.74, 6) is 0.578. The van der Waals surface area contributed by atoms with Crippen LogP contribution in [0.3, 0.4) is 0 Å². The molecule has 0 atom stereocenters. The van der Waals surface area contributed by atoms with Gasteiger partial charge in [-0.3, -0.25) is 4.79 Å². The van der Waals surface area contributed by atoms with Gasteiger partial charge in [0.25, 0.3) is 0 Å². The SMILES string of the molecule is CC(=O)Nc1cc(Nc2ccccc2)ccc1N=Nc1ccn(C)[n+]1CCc1ccccc1. The quantitative estimate of drug-likeness (QED) is 0.274. The van der Waals surface area contributed by atoms with Crippen LogP contribution in [-0.2, 0) is 24.8 Å². The first-order valence-corrected chi connectivity index (χ1v) is 10.8. The molecular formula is C26H27N6O+. The number of aryl methyl sites for hydroxylation is 2. The molecule has 0 saturated heterocycles. The van der Waals surface area contributed by atoms with Crippen LogP contribution in [0.15, 0.2) is 101 Å². The predicted octanol–water partition coefficient (Wildman–Crippen LogP) is 5.67. The van der Waals surface area contributed by atoms with Gasteiger partial charge in [-0.2, -0.15) is 4.68 Å². The third-order valence-corrected chi connectivity index (χ3v) is 5.17. The molecule has 0 spiro atoms. The highest BCUT2D eigenvalue weighted by Gasteiger charge is 2.15. The van der Waals surface area contributed by atoms with Crippen molar-refractivity contribution >= 4 is 34.5 Å². The first-order chi connectivity index (χ1) is 16.1. The fourth-order valence-corrected chi connectivity index (χ4v) is 3.52. The van der Waals surface area contributed by atoms with Gasteiger partial charge in [-0.1, -0.05) is 48.5 Å². The minimum Gasteiger partial charge on any atom is -0.355 e. The summed E-state index contributed by atoms with van der Waals surface area (Å²) in [4.78, 5) is 11.8. The molecule has 0 radical (unpaired) electrons. The molecule has 3 aromatic carbocycles. The van der Waals surface area contributed by atoms with Crippen LogP contribution in [0.5, 0.6) is 0 Å². The summed E-state index contributed by atoms with van der Waals surface area (Å²) in [5.41, 5.74) is 4.26.